The molecule has 0 rings (SSSR count). The normalized spacial score (nSPS) is 10.6. The highest BCUT2D eigenvalue weighted by atomic mass is 16.4. The number of aliphatic carboxylic acids is 1. The Bertz CT molecular complexity index is 318. The van der Waals surface area contributed by atoms with Crippen molar-refractivity contribution in [3.63, 3.8) is 0 Å². The van der Waals surface area contributed by atoms with Crippen LogP contribution in [0.1, 0.15) is 26.7 Å². The van der Waals surface area contributed by atoms with E-state index in [0.717, 1.165) is 6.42 Å². The smallest absolute Gasteiger partial charge is 0.321 e. The Labute approximate surface area is 113 Å². The molecule has 0 saturated heterocycles. The number of carboxylic acids is 1. The first-order valence-corrected chi connectivity index (χ1v) is 6.29. The quantitative estimate of drug-likeness (QED) is 0.589. The maximum atomic E-state index is 11.4. The lowest BCUT2D eigenvalue weighted by Crippen LogP contribution is -2.44. The molecule has 0 radical (unpaired) electrons. The van der Waals surface area contributed by atoms with E-state index < -0.39 is 17.9 Å². The molecule has 0 aromatic heterocycles. The van der Waals surface area contributed by atoms with Gasteiger partial charge in [-0.05, 0) is 19.4 Å². The van der Waals surface area contributed by atoms with E-state index in [1.165, 1.54) is 0 Å². The van der Waals surface area contributed by atoms with E-state index >= 15 is 0 Å². The Morgan fingerprint density at radius 1 is 1.26 bits per heavy atom. The molecule has 0 heterocycles. The van der Waals surface area contributed by atoms with E-state index in [0.29, 0.717) is 12.5 Å². The summed E-state index contributed by atoms with van der Waals surface area (Å²) in [4.78, 5) is 34.7. The van der Waals surface area contributed by atoms with Crippen molar-refractivity contribution in [3.05, 3.63) is 0 Å². The minimum Gasteiger partial charge on any atom is -0.481 e. The fourth-order valence-corrected chi connectivity index (χ4v) is 1.30. The van der Waals surface area contributed by atoms with Crippen molar-refractivity contribution in [2.45, 2.75) is 26.7 Å². The largest absolute Gasteiger partial charge is 0.481 e. The summed E-state index contributed by atoms with van der Waals surface area (Å²) in [7, 11) is 1.62. The van der Waals surface area contributed by atoms with Crippen LogP contribution >= 0.6 is 0 Å². The second-order valence-electron chi connectivity index (χ2n) is 4.87. The van der Waals surface area contributed by atoms with Crippen LogP contribution in [0.2, 0.25) is 0 Å². The van der Waals surface area contributed by atoms with Crippen LogP contribution in [0, 0.1) is 5.92 Å². The number of amides is 3. The van der Waals surface area contributed by atoms with Gasteiger partial charge in [0.25, 0.3) is 0 Å². The van der Waals surface area contributed by atoms with Crippen LogP contribution in [-0.4, -0.2) is 54.6 Å². The van der Waals surface area contributed by atoms with Crippen LogP contribution in [0.5, 0.6) is 0 Å². The Balaban J connectivity index is 3.77. The highest BCUT2D eigenvalue weighted by molar-refractivity contribution is 5.95. The van der Waals surface area contributed by atoms with Crippen molar-refractivity contribution in [2.75, 3.05) is 26.7 Å². The van der Waals surface area contributed by atoms with Gasteiger partial charge in [-0.3, -0.25) is 19.8 Å². The Morgan fingerprint density at radius 2 is 1.89 bits per heavy atom. The predicted molar refractivity (Wildman–Crippen MR) is 70.7 cm³/mol. The maximum absolute atomic E-state index is 11.4. The molecule has 0 aliphatic heterocycles. The van der Waals surface area contributed by atoms with E-state index in [4.69, 9.17) is 5.11 Å². The zero-order valence-corrected chi connectivity index (χ0v) is 11.7. The van der Waals surface area contributed by atoms with Crippen molar-refractivity contribution in [1.29, 1.82) is 0 Å². The molecule has 3 N–H and O–H groups in total. The van der Waals surface area contributed by atoms with Gasteiger partial charge in [-0.1, -0.05) is 13.8 Å². The third kappa shape index (κ3) is 11.2. The zero-order chi connectivity index (χ0) is 14.8. The molecule has 0 unspecified atom stereocenters. The molecule has 0 fully saturated rings. The Morgan fingerprint density at radius 3 is 2.42 bits per heavy atom. The van der Waals surface area contributed by atoms with E-state index in [2.05, 4.69) is 10.6 Å². The molecule has 7 heteroatoms. The van der Waals surface area contributed by atoms with Crippen molar-refractivity contribution < 1.29 is 19.5 Å². The number of rotatable bonds is 8. The molecule has 0 bridgehead atoms. The number of carbonyl (C=O) groups excluding carboxylic acids is 2. The number of nitrogens with zero attached hydrogens (tertiary/aromatic N) is 1. The molecule has 19 heavy (non-hydrogen) atoms. The van der Waals surface area contributed by atoms with E-state index in [1.807, 2.05) is 13.8 Å². The average Bonchev–Trinajstić information content (AvgIpc) is 2.25. The molecular weight excluding hydrogens is 250 g/mol. The van der Waals surface area contributed by atoms with Gasteiger partial charge in [0, 0.05) is 13.1 Å². The Kier molecular flexibility index (Phi) is 8.52. The number of hydrogen-bond donors (Lipinski definition) is 3. The molecule has 0 aliphatic carbocycles. The fourth-order valence-electron chi connectivity index (χ4n) is 1.30. The van der Waals surface area contributed by atoms with Gasteiger partial charge >= 0.3 is 12.0 Å². The number of carbonyl (C=O) groups is 3. The highest BCUT2D eigenvalue weighted by Gasteiger charge is 2.11. The molecule has 110 valence electrons. The van der Waals surface area contributed by atoms with Crippen LogP contribution < -0.4 is 10.6 Å². The number of imide groups is 1. The monoisotopic (exact) mass is 273 g/mol. The lowest BCUT2D eigenvalue weighted by atomic mass is 10.1. The number of likely N-dealkylation sites (N-methyl/N-ethyl adjacent to an activating group) is 1. The third-order valence-corrected chi connectivity index (χ3v) is 2.38. The Hall–Kier alpha value is -1.63. The fraction of sp³-hybridized carbons (Fsp3) is 0.750. The molecule has 0 aromatic carbocycles. The summed E-state index contributed by atoms with van der Waals surface area (Å²) in [6, 6.07) is -0.516. The molecule has 0 atom stereocenters. The summed E-state index contributed by atoms with van der Waals surface area (Å²) in [5.74, 6) is -0.883. The molecule has 3 amide bonds. The van der Waals surface area contributed by atoms with Gasteiger partial charge in [-0.25, -0.2) is 4.79 Å². The van der Waals surface area contributed by atoms with Gasteiger partial charge in [-0.15, -0.1) is 0 Å². The first-order valence-electron chi connectivity index (χ1n) is 6.29. The van der Waals surface area contributed by atoms with Crippen LogP contribution in [0.3, 0.4) is 0 Å². The van der Waals surface area contributed by atoms with E-state index in [9.17, 15) is 14.4 Å². The van der Waals surface area contributed by atoms with Crippen molar-refractivity contribution in [2.24, 2.45) is 5.92 Å². The summed E-state index contributed by atoms with van der Waals surface area (Å²) in [6.07, 6.45) is 0.810. The maximum Gasteiger partial charge on any atom is 0.321 e. The summed E-state index contributed by atoms with van der Waals surface area (Å²) in [6.45, 7) is 4.86. The summed E-state index contributed by atoms with van der Waals surface area (Å²) in [5.41, 5.74) is 0. The van der Waals surface area contributed by atoms with Crippen molar-refractivity contribution in [1.82, 2.24) is 15.5 Å². The summed E-state index contributed by atoms with van der Waals surface area (Å²) < 4.78 is 0. The third-order valence-electron chi connectivity index (χ3n) is 2.38. The van der Waals surface area contributed by atoms with Crippen LogP contribution in [0.4, 0.5) is 4.79 Å². The predicted octanol–water partition coefficient (Wildman–Crippen LogP) is 0.265. The van der Waals surface area contributed by atoms with Gasteiger partial charge in [0.1, 0.15) is 0 Å². The number of urea groups is 1. The SMILES string of the molecule is CC(C)CCNC(=O)NC(=O)CN(C)CCC(=O)O. The van der Waals surface area contributed by atoms with Gasteiger partial charge < -0.3 is 10.4 Å². The zero-order valence-electron chi connectivity index (χ0n) is 11.7. The second kappa shape index (κ2) is 9.32. The summed E-state index contributed by atoms with van der Waals surface area (Å²) >= 11 is 0. The van der Waals surface area contributed by atoms with Crippen LogP contribution in [-0.2, 0) is 9.59 Å². The van der Waals surface area contributed by atoms with Crippen LogP contribution in [0.25, 0.3) is 0 Å². The van der Waals surface area contributed by atoms with Gasteiger partial charge in [-0.2, -0.15) is 0 Å². The topological polar surface area (TPSA) is 98.7 Å². The standard InChI is InChI=1S/C12H23N3O4/c1-9(2)4-6-13-12(19)14-10(16)8-15(3)7-5-11(17)18/h9H,4-8H2,1-3H3,(H,17,18)(H2,13,14,16,19). The number of nitrogens with one attached hydrogen (secondary N) is 2. The molecule has 0 saturated carbocycles. The van der Waals surface area contributed by atoms with Gasteiger partial charge in [0.05, 0.1) is 13.0 Å². The van der Waals surface area contributed by atoms with E-state index in [-0.39, 0.29) is 19.5 Å². The summed E-state index contributed by atoms with van der Waals surface area (Å²) in [5, 5.41) is 13.3. The molecule has 0 spiro atoms. The lowest BCUT2D eigenvalue weighted by molar-refractivity contribution is -0.137. The van der Waals surface area contributed by atoms with Crippen LogP contribution in [0.15, 0.2) is 0 Å². The molecule has 0 aliphatic rings. The van der Waals surface area contributed by atoms with Crippen molar-refractivity contribution in [3.8, 4) is 0 Å². The second-order valence-corrected chi connectivity index (χ2v) is 4.87. The van der Waals surface area contributed by atoms with Gasteiger partial charge in [0.15, 0.2) is 0 Å². The van der Waals surface area contributed by atoms with E-state index in [1.54, 1.807) is 11.9 Å². The molecular formula is C12H23N3O4. The highest BCUT2D eigenvalue weighted by Crippen LogP contribution is 1.95. The number of carboxylic acid groups (broad SMARTS) is 1. The molecule has 7 nitrogen and oxygen atoms in total. The lowest BCUT2D eigenvalue weighted by Gasteiger charge is -2.14. The average molecular weight is 273 g/mol. The molecule has 0 aromatic rings. The minimum absolute atomic E-state index is 0.00905. The first kappa shape index (κ1) is 17.4. The van der Waals surface area contributed by atoms with Gasteiger partial charge in [0.2, 0.25) is 5.91 Å². The minimum atomic E-state index is -0.918. The first-order chi connectivity index (χ1) is 8.81. The van der Waals surface area contributed by atoms with Crippen molar-refractivity contribution >= 4 is 17.9 Å². The number of hydrogen-bond acceptors (Lipinski definition) is 4.